The Morgan fingerprint density at radius 1 is 1.33 bits per heavy atom. The van der Waals surface area contributed by atoms with Crippen LogP contribution < -0.4 is 0 Å². The van der Waals surface area contributed by atoms with Crippen molar-refractivity contribution in [2.75, 3.05) is 0 Å². The van der Waals surface area contributed by atoms with Gasteiger partial charge in [-0.05, 0) is 34.1 Å². The molecule has 3 nitrogen and oxygen atoms in total. The predicted molar refractivity (Wildman–Crippen MR) is 49.5 cm³/mol. The lowest BCUT2D eigenvalue weighted by atomic mass is 10.3. The first-order valence-corrected chi connectivity index (χ1v) is 4.27. The van der Waals surface area contributed by atoms with Gasteiger partial charge < -0.3 is 4.98 Å². The second kappa shape index (κ2) is 3.06. The van der Waals surface area contributed by atoms with Crippen molar-refractivity contribution < 1.29 is 0 Å². The van der Waals surface area contributed by atoms with E-state index < -0.39 is 0 Å². The van der Waals surface area contributed by atoms with Gasteiger partial charge in [0.1, 0.15) is 10.9 Å². The van der Waals surface area contributed by atoms with Crippen LogP contribution in [0.4, 0.5) is 0 Å². The quantitative estimate of drug-likeness (QED) is 0.754. The highest BCUT2D eigenvalue weighted by Crippen LogP contribution is 2.16. The zero-order valence-corrected chi connectivity index (χ0v) is 7.75. The number of aromatic nitrogens is 3. The first-order chi connectivity index (χ1) is 5.86. The summed E-state index contributed by atoms with van der Waals surface area (Å²) in [7, 11) is 0. The van der Waals surface area contributed by atoms with Crippen LogP contribution in [0.2, 0.25) is 0 Å². The number of hydrogen-bond acceptors (Lipinski definition) is 2. The molecule has 0 aliphatic heterocycles. The molecule has 4 heteroatoms. The molecule has 1 N–H and O–H groups in total. The summed E-state index contributed by atoms with van der Waals surface area (Å²) < 4.78 is 0.794. The first-order valence-electron chi connectivity index (χ1n) is 3.47. The molecule has 0 atom stereocenters. The van der Waals surface area contributed by atoms with Crippen molar-refractivity contribution in [1.82, 2.24) is 15.0 Å². The largest absolute Gasteiger partial charge is 0.360 e. The molecule has 0 spiro atoms. The third kappa shape index (κ3) is 1.38. The minimum atomic E-state index is 0.794. The molecule has 0 bridgehead atoms. The SMILES string of the molecule is Brc1cc(-c2ccc[nH]2)ncn1. The number of halogens is 1. The van der Waals surface area contributed by atoms with Gasteiger partial charge in [-0.25, -0.2) is 9.97 Å². The van der Waals surface area contributed by atoms with Crippen LogP contribution in [0, 0.1) is 0 Å². The van der Waals surface area contributed by atoms with E-state index in [0.29, 0.717) is 0 Å². The number of nitrogens with one attached hydrogen (secondary N) is 1. The third-order valence-corrected chi connectivity index (χ3v) is 1.94. The molecule has 2 heterocycles. The van der Waals surface area contributed by atoms with Crippen molar-refractivity contribution >= 4 is 15.9 Å². The van der Waals surface area contributed by atoms with E-state index in [0.717, 1.165) is 16.0 Å². The topological polar surface area (TPSA) is 41.6 Å². The molecular formula is C8H6BrN3. The summed E-state index contributed by atoms with van der Waals surface area (Å²) in [5.74, 6) is 0. The van der Waals surface area contributed by atoms with Gasteiger partial charge in [-0.1, -0.05) is 0 Å². The molecule has 60 valence electrons. The summed E-state index contributed by atoms with van der Waals surface area (Å²) >= 11 is 3.28. The molecule has 12 heavy (non-hydrogen) atoms. The number of H-pyrrole nitrogens is 1. The van der Waals surface area contributed by atoms with Crippen molar-refractivity contribution in [3.05, 3.63) is 35.3 Å². The van der Waals surface area contributed by atoms with Crippen LogP contribution in [0.3, 0.4) is 0 Å². The summed E-state index contributed by atoms with van der Waals surface area (Å²) in [5.41, 5.74) is 1.89. The Kier molecular flexibility index (Phi) is 1.91. The summed E-state index contributed by atoms with van der Waals surface area (Å²) in [4.78, 5) is 11.1. The first kappa shape index (κ1) is 7.49. The van der Waals surface area contributed by atoms with Crippen LogP contribution in [0.1, 0.15) is 0 Å². The van der Waals surface area contributed by atoms with E-state index >= 15 is 0 Å². The molecule has 0 radical (unpaired) electrons. The summed E-state index contributed by atoms with van der Waals surface area (Å²) in [6.45, 7) is 0. The van der Waals surface area contributed by atoms with Crippen LogP contribution in [-0.2, 0) is 0 Å². The van der Waals surface area contributed by atoms with Gasteiger partial charge >= 0.3 is 0 Å². The monoisotopic (exact) mass is 223 g/mol. The maximum atomic E-state index is 4.11. The highest BCUT2D eigenvalue weighted by atomic mass is 79.9. The molecule has 0 fully saturated rings. The second-order valence-corrected chi connectivity index (χ2v) is 3.12. The standard InChI is InChI=1S/C8H6BrN3/c9-8-4-7(11-5-12-8)6-2-1-3-10-6/h1-5,10H. The highest BCUT2D eigenvalue weighted by molar-refractivity contribution is 9.10. The Balaban J connectivity index is 2.48. The fourth-order valence-electron chi connectivity index (χ4n) is 0.971. The minimum Gasteiger partial charge on any atom is -0.360 e. The van der Waals surface area contributed by atoms with Crippen LogP contribution in [0.25, 0.3) is 11.4 Å². The van der Waals surface area contributed by atoms with Crippen molar-refractivity contribution in [3.63, 3.8) is 0 Å². The minimum absolute atomic E-state index is 0.794. The summed E-state index contributed by atoms with van der Waals surface area (Å²) in [5, 5.41) is 0. The fourth-order valence-corrected chi connectivity index (χ4v) is 1.28. The van der Waals surface area contributed by atoms with Crippen molar-refractivity contribution in [1.29, 1.82) is 0 Å². The van der Waals surface area contributed by atoms with Gasteiger partial charge in [-0.2, -0.15) is 0 Å². The lowest BCUT2D eigenvalue weighted by molar-refractivity contribution is 1.13. The van der Waals surface area contributed by atoms with Gasteiger partial charge in [0.05, 0.1) is 11.4 Å². The number of nitrogens with zero attached hydrogens (tertiary/aromatic N) is 2. The van der Waals surface area contributed by atoms with Gasteiger partial charge in [-0.3, -0.25) is 0 Å². The Morgan fingerprint density at radius 3 is 2.92 bits per heavy atom. The van der Waals surface area contributed by atoms with E-state index in [1.807, 2.05) is 24.4 Å². The van der Waals surface area contributed by atoms with Crippen LogP contribution in [0.15, 0.2) is 35.3 Å². The van der Waals surface area contributed by atoms with Crippen LogP contribution >= 0.6 is 15.9 Å². The Hall–Kier alpha value is -1.16. The molecular weight excluding hydrogens is 218 g/mol. The lowest BCUT2D eigenvalue weighted by Gasteiger charge is -1.95. The zero-order chi connectivity index (χ0) is 8.39. The molecule has 0 aliphatic carbocycles. The lowest BCUT2D eigenvalue weighted by Crippen LogP contribution is -1.84. The van der Waals surface area contributed by atoms with Crippen molar-refractivity contribution in [3.8, 4) is 11.4 Å². The molecule has 2 aromatic heterocycles. The Morgan fingerprint density at radius 2 is 2.25 bits per heavy atom. The summed E-state index contributed by atoms with van der Waals surface area (Å²) in [6.07, 6.45) is 3.39. The zero-order valence-electron chi connectivity index (χ0n) is 6.16. The van der Waals surface area contributed by atoms with Gasteiger partial charge in [0.2, 0.25) is 0 Å². The van der Waals surface area contributed by atoms with Crippen molar-refractivity contribution in [2.45, 2.75) is 0 Å². The maximum absolute atomic E-state index is 4.11. The van der Waals surface area contributed by atoms with E-state index in [4.69, 9.17) is 0 Å². The summed E-state index contributed by atoms with van der Waals surface area (Å²) in [6, 6.07) is 5.77. The number of rotatable bonds is 1. The smallest absolute Gasteiger partial charge is 0.117 e. The third-order valence-electron chi connectivity index (χ3n) is 1.51. The number of aromatic amines is 1. The molecule has 2 rings (SSSR count). The molecule has 0 unspecified atom stereocenters. The normalized spacial score (nSPS) is 10.1. The highest BCUT2D eigenvalue weighted by Gasteiger charge is 1.99. The van der Waals surface area contributed by atoms with E-state index in [-0.39, 0.29) is 0 Å². The average Bonchev–Trinajstić information content (AvgIpc) is 2.56. The van der Waals surface area contributed by atoms with E-state index in [2.05, 4.69) is 30.9 Å². The second-order valence-electron chi connectivity index (χ2n) is 2.31. The van der Waals surface area contributed by atoms with Gasteiger partial charge in [0.15, 0.2) is 0 Å². The molecule has 0 aromatic carbocycles. The molecule has 0 aliphatic rings. The van der Waals surface area contributed by atoms with Gasteiger partial charge in [0, 0.05) is 6.20 Å². The van der Waals surface area contributed by atoms with Crippen LogP contribution in [-0.4, -0.2) is 15.0 Å². The average molecular weight is 224 g/mol. The van der Waals surface area contributed by atoms with E-state index in [1.165, 1.54) is 6.33 Å². The Bertz CT molecular complexity index is 370. The predicted octanol–water partition coefficient (Wildman–Crippen LogP) is 2.23. The van der Waals surface area contributed by atoms with E-state index in [9.17, 15) is 0 Å². The molecule has 2 aromatic rings. The molecule has 0 saturated heterocycles. The molecule has 0 saturated carbocycles. The van der Waals surface area contributed by atoms with Gasteiger partial charge in [0.25, 0.3) is 0 Å². The molecule has 0 amide bonds. The van der Waals surface area contributed by atoms with Gasteiger partial charge in [-0.15, -0.1) is 0 Å². The maximum Gasteiger partial charge on any atom is 0.117 e. The van der Waals surface area contributed by atoms with E-state index in [1.54, 1.807) is 0 Å². The Labute approximate surface area is 78.0 Å². The van der Waals surface area contributed by atoms with Crippen molar-refractivity contribution in [2.24, 2.45) is 0 Å². The van der Waals surface area contributed by atoms with Crippen LogP contribution in [0.5, 0.6) is 0 Å². The number of hydrogen-bond donors (Lipinski definition) is 1. The fraction of sp³-hybridized carbons (Fsp3) is 0.